The summed E-state index contributed by atoms with van der Waals surface area (Å²) < 4.78 is 42.7. The number of aromatic nitrogens is 3. The van der Waals surface area contributed by atoms with Gasteiger partial charge in [-0.25, -0.2) is 19.2 Å². The second-order valence-electron chi connectivity index (χ2n) is 11.5. The number of esters is 2. The molecule has 0 aromatic carbocycles. The molecule has 5 N–H and O–H groups in total. The number of nitrogens with one attached hydrogen (secondary N) is 1. The van der Waals surface area contributed by atoms with Crippen LogP contribution in [0.2, 0.25) is 0 Å². The van der Waals surface area contributed by atoms with Crippen molar-refractivity contribution in [2.24, 2.45) is 11.8 Å². The molecule has 1 aliphatic heterocycles. The Hall–Kier alpha value is -3.16. The number of nitrogens with zero attached hydrogens (tertiary/aromatic N) is 4. The molecule has 6 atom stereocenters. The van der Waals surface area contributed by atoms with E-state index in [4.69, 9.17) is 29.0 Å². The summed E-state index contributed by atoms with van der Waals surface area (Å²) in [5.74, 6) is -1.35. The summed E-state index contributed by atoms with van der Waals surface area (Å²) >= 11 is 0. The molecule has 1 fully saturated rings. The van der Waals surface area contributed by atoms with Gasteiger partial charge >= 0.3 is 19.7 Å². The quantitative estimate of drug-likeness (QED) is 0.0948. The first-order chi connectivity index (χ1) is 22.4. The molecule has 3 rings (SSSR count). The predicted molar refractivity (Wildman–Crippen MR) is 168 cm³/mol. The van der Waals surface area contributed by atoms with Crippen molar-refractivity contribution in [2.75, 3.05) is 25.7 Å². The van der Waals surface area contributed by atoms with E-state index in [0.29, 0.717) is 18.4 Å². The Labute approximate surface area is 274 Å². The number of aliphatic hydroxyl groups excluding tert-OH is 2. The molecule has 1 saturated heterocycles. The molecule has 0 amide bonds. The van der Waals surface area contributed by atoms with E-state index in [0.717, 1.165) is 32.0 Å². The maximum atomic E-state index is 13.9. The molecule has 262 valence electrons. The molecule has 3 heterocycles. The van der Waals surface area contributed by atoms with Crippen LogP contribution in [-0.4, -0.2) is 81.1 Å². The third-order valence-electron chi connectivity index (χ3n) is 8.25. The van der Waals surface area contributed by atoms with E-state index < -0.39 is 63.0 Å². The summed E-state index contributed by atoms with van der Waals surface area (Å²) in [5, 5.41) is 38.7. The lowest BCUT2D eigenvalue weighted by molar-refractivity contribution is -0.156. The molecule has 17 heteroatoms. The highest BCUT2D eigenvalue weighted by Gasteiger charge is 2.58. The molecule has 2 aromatic heterocycles. The minimum absolute atomic E-state index is 0.0603. The molecule has 1 aliphatic rings. The Balaban J connectivity index is 1.78. The lowest BCUT2D eigenvalue weighted by atomic mass is 9.92. The van der Waals surface area contributed by atoms with Gasteiger partial charge < -0.3 is 30.2 Å². The molecule has 2 aromatic rings. The SMILES string of the molecule is CCCC(CCC)C(=O)OCO[P@](=O)(N[C@@H](C)C(=O)OCC(CC)CC)OC[C@H]1O[C@@](C#N)(c2ccc3c(N)ncnn23)[C@H](O)[C@@H]1O. The van der Waals surface area contributed by atoms with Gasteiger partial charge in [0.2, 0.25) is 12.4 Å². The Bertz CT molecular complexity index is 1430. The number of hydrogen-bond donors (Lipinski definition) is 4. The first-order valence-electron chi connectivity index (χ1n) is 15.9. The van der Waals surface area contributed by atoms with E-state index in [1.165, 1.54) is 23.6 Å². The summed E-state index contributed by atoms with van der Waals surface area (Å²) in [7, 11) is -4.49. The van der Waals surface area contributed by atoms with Crippen LogP contribution in [0, 0.1) is 23.2 Å². The van der Waals surface area contributed by atoms with Crippen LogP contribution in [0.5, 0.6) is 0 Å². The molecule has 0 saturated carbocycles. The molecular weight excluding hydrogens is 635 g/mol. The molecule has 0 radical (unpaired) electrons. The van der Waals surface area contributed by atoms with Gasteiger partial charge in [-0.2, -0.15) is 10.4 Å². The van der Waals surface area contributed by atoms with E-state index in [1.54, 1.807) is 0 Å². The average molecular weight is 683 g/mol. The van der Waals surface area contributed by atoms with Crippen LogP contribution >= 0.6 is 7.75 Å². The lowest BCUT2D eigenvalue weighted by Crippen LogP contribution is -2.41. The molecule has 0 bridgehead atoms. The van der Waals surface area contributed by atoms with Gasteiger partial charge in [0, 0.05) is 0 Å². The Morgan fingerprint density at radius 1 is 1.15 bits per heavy atom. The number of hydrogen-bond acceptors (Lipinski definition) is 14. The topological polar surface area (TPSA) is 230 Å². The number of aliphatic hydroxyl groups is 2. The number of nitrogens with two attached hydrogens (primary N) is 1. The van der Waals surface area contributed by atoms with Crippen LogP contribution in [0.4, 0.5) is 5.82 Å². The summed E-state index contributed by atoms with van der Waals surface area (Å²) in [4.78, 5) is 29.3. The van der Waals surface area contributed by atoms with Crippen LogP contribution in [0.3, 0.4) is 0 Å². The largest absolute Gasteiger partial charge is 0.464 e. The van der Waals surface area contributed by atoms with Gasteiger partial charge in [-0.05, 0) is 37.8 Å². The number of ether oxygens (including phenoxy) is 3. The molecule has 0 spiro atoms. The van der Waals surface area contributed by atoms with Crippen molar-refractivity contribution in [3.63, 3.8) is 0 Å². The number of anilines is 1. The van der Waals surface area contributed by atoms with Crippen molar-refractivity contribution < 1.29 is 47.6 Å². The fourth-order valence-corrected chi connectivity index (χ4v) is 6.66. The minimum atomic E-state index is -4.49. The van der Waals surface area contributed by atoms with Crippen LogP contribution in [0.15, 0.2) is 18.5 Å². The fourth-order valence-electron chi connectivity index (χ4n) is 5.32. The van der Waals surface area contributed by atoms with Crippen molar-refractivity contribution in [1.82, 2.24) is 19.7 Å². The normalized spacial score (nSPS) is 23.1. The van der Waals surface area contributed by atoms with Crippen molar-refractivity contribution in [3.8, 4) is 6.07 Å². The maximum absolute atomic E-state index is 13.9. The minimum Gasteiger partial charge on any atom is -0.464 e. The van der Waals surface area contributed by atoms with Gasteiger partial charge in [0.05, 0.1) is 24.8 Å². The molecular formula is C30H47N6O10P. The van der Waals surface area contributed by atoms with E-state index in [9.17, 15) is 29.6 Å². The molecule has 0 unspecified atom stereocenters. The number of nitriles is 1. The molecule has 0 aliphatic carbocycles. The monoisotopic (exact) mass is 682 g/mol. The highest BCUT2D eigenvalue weighted by atomic mass is 31.2. The summed E-state index contributed by atoms with van der Waals surface area (Å²) in [6, 6.07) is 3.70. The predicted octanol–water partition coefficient (Wildman–Crippen LogP) is 2.97. The zero-order valence-electron chi connectivity index (χ0n) is 27.5. The Kier molecular flexibility index (Phi) is 14.1. The van der Waals surface area contributed by atoms with E-state index in [1.807, 2.05) is 33.8 Å². The number of rotatable bonds is 19. The summed E-state index contributed by atoms with van der Waals surface area (Å²) in [5.41, 5.74) is 4.17. The fraction of sp³-hybridized carbons (Fsp3) is 0.700. The van der Waals surface area contributed by atoms with Crippen molar-refractivity contribution in [2.45, 2.75) is 103 Å². The van der Waals surface area contributed by atoms with Gasteiger partial charge in [-0.15, -0.1) is 0 Å². The highest BCUT2D eigenvalue weighted by Crippen LogP contribution is 2.47. The zero-order valence-corrected chi connectivity index (χ0v) is 28.4. The van der Waals surface area contributed by atoms with E-state index in [2.05, 4.69) is 15.2 Å². The smallest absolute Gasteiger partial charge is 0.409 e. The van der Waals surface area contributed by atoms with Crippen molar-refractivity contribution >= 4 is 31.0 Å². The van der Waals surface area contributed by atoms with Crippen LogP contribution in [-0.2, 0) is 43.0 Å². The lowest BCUT2D eigenvalue weighted by Gasteiger charge is -2.25. The standard InChI is InChI=1S/C30H47N6O10P/c1-6-10-21(11-7-2)29(40)43-18-45-47(41,35-19(5)28(39)42-14-20(8-3)9-4)44-15-23-25(37)26(38)30(16-31,46-23)24-13-12-22-27(32)33-17-34-36(22)24/h12-13,17,19-21,23,25-26,37-38H,6-11,14-15,18H2,1-5H3,(H,35,41)(H2,32,33,34)/t19-,23+,25+,26+,30-,47-/m0/s1. The van der Waals surface area contributed by atoms with Gasteiger partial charge in [0.1, 0.15) is 42.3 Å². The van der Waals surface area contributed by atoms with Gasteiger partial charge in [0.15, 0.2) is 5.82 Å². The Morgan fingerprint density at radius 3 is 2.45 bits per heavy atom. The second-order valence-corrected chi connectivity index (χ2v) is 13.3. The van der Waals surface area contributed by atoms with Gasteiger partial charge in [-0.3, -0.25) is 18.6 Å². The number of nitrogen functional groups attached to an aromatic ring is 1. The zero-order chi connectivity index (χ0) is 34.8. The molecule has 16 nitrogen and oxygen atoms in total. The van der Waals surface area contributed by atoms with Gasteiger partial charge in [-0.1, -0.05) is 53.4 Å². The van der Waals surface area contributed by atoms with Crippen molar-refractivity contribution in [1.29, 1.82) is 5.26 Å². The number of carbonyl (C=O) groups excluding carboxylic acids is 2. The highest BCUT2D eigenvalue weighted by molar-refractivity contribution is 7.51. The van der Waals surface area contributed by atoms with Crippen molar-refractivity contribution in [3.05, 3.63) is 24.2 Å². The first-order valence-corrected chi connectivity index (χ1v) is 17.5. The third kappa shape index (κ3) is 9.05. The summed E-state index contributed by atoms with van der Waals surface area (Å²) in [6.07, 6.45) is 0.599. The third-order valence-corrected chi connectivity index (χ3v) is 9.89. The van der Waals surface area contributed by atoms with Crippen LogP contribution in [0.25, 0.3) is 5.52 Å². The van der Waals surface area contributed by atoms with Gasteiger partial charge in [0.25, 0.3) is 0 Å². The molecule has 47 heavy (non-hydrogen) atoms. The van der Waals surface area contributed by atoms with Crippen LogP contribution < -0.4 is 10.8 Å². The maximum Gasteiger partial charge on any atom is 0.409 e. The average Bonchev–Trinajstić information content (AvgIpc) is 3.60. The summed E-state index contributed by atoms with van der Waals surface area (Å²) in [6.45, 7) is 7.97. The second kappa shape index (κ2) is 17.3. The van der Waals surface area contributed by atoms with E-state index in [-0.39, 0.29) is 30.0 Å². The number of carbonyl (C=O) groups is 2. The number of fused-ring (bicyclic) bond motifs is 1. The first kappa shape index (κ1) is 38.3. The van der Waals surface area contributed by atoms with Crippen LogP contribution in [0.1, 0.15) is 78.8 Å². The Morgan fingerprint density at radius 2 is 1.83 bits per heavy atom. The van der Waals surface area contributed by atoms with E-state index >= 15 is 0 Å².